The summed E-state index contributed by atoms with van der Waals surface area (Å²) in [4.78, 5) is 28.8. The van der Waals surface area contributed by atoms with Crippen LogP contribution in [0.15, 0.2) is 38.9 Å². The molecule has 13 heteroatoms. The zero-order valence-corrected chi connectivity index (χ0v) is 17.4. The Kier molecular flexibility index (Phi) is 6.07. The number of benzene rings is 1. The molecule has 1 fully saturated rings. The highest BCUT2D eigenvalue weighted by Gasteiger charge is 2.47. The lowest BCUT2D eigenvalue weighted by atomic mass is 10.2. The van der Waals surface area contributed by atoms with Crippen LogP contribution >= 0.6 is 22.9 Å². The maximum absolute atomic E-state index is 13.4. The fourth-order valence-corrected chi connectivity index (χ4v) is 5.25. The number of hydrogen-bond donors (Lipinski definition) is 1. The van der Waals surface area contributed by atoms with E-state index in [-0.39, 0.29) is 14.9 Å². The van der Waals surface area contributed by atoms with E-state index < -0.39 is 53.1 Å². The molecule has 1 N–H and O–H groups in total. The van der Waals surface area contributed by atoms with Crippen molar-refractivity contribution in [3.8, 4) is 6.07 Å². The van der Waals surface area contributed by atoms with Crippen molar-refractivity contribution >= 4 is 44.6 Å². The second kappa shape index (κ2) is 8.25. The molecule has 1 aliphatic rings. The second-order valence-electron chi connectivity index (χ2n) is 6.37. The summed E-state index contributed by atoms with van der Waals surface area (Å²) in [5, 5.41) is 12.7. The lowest BCUT2D eigenvalue weighted by Crippen LogP contribution is -2.43. The monoisotopic (exact) mass is 474 g/mol. The van der Waals surface area contributed by atoms with Crippen LogP contribution in [0.5, 0.6) is 0 Å². The highest BCUT2D eigenvalue weighted by molar-refractivity contribution is 7.93. The summed E-state index contributed by atoms with van der Waals surface area (Å²) < 4.78 is 51.6. The molecule has 0 saturated carbocycles. The highest BCUT2D eigenvalue weighted by Crippen LogP contribution is 2.31. The van der Waals surface area contributed by atoms with E-state index in [1.165, 1.54) is 29.6 Å². The lowest BCUT2D eigenvalue weighted by Gasteiger charge is -2.19. The molecule has 0 bridgehead atoms. The minimum atomic E-state index is -3.96. The molecule has 0 spiro atoms. The predicted molar refractivity (Wildman–Crippen MR) is 102 cm³/mol. The number of amides is 2. The molecule has 0 radical (unpaired) electrons. The van der Waals surface area contributed by atoms with E-state index in [1.54, 1.807) is 6.07 Å². The van der Waals surface area contributed by atoms with E-state index >= 15 is 0 Å². The molecule has 1 saturated heterocycles. The second-order valence-corrected chi connectivity index (χ2v) is 9.78. The number of carbonyl (C=O) groups excluding carboxylic acids is 2. The summed E-state index contributed by atoms with van der Waals surface area (Å²) in [6, 6.07) is 5.76. The Morgan fingerprint density at radius 1 is 1.37 bits per heavy atom. The van der Waals surface area contributed by atoms with Gasteiger partial charge in [-0.2, -0.15) is 5.26 Å². The molecule has 1 aromatic heterocycles. The highest BCUT2D eigenvalue weighted by atomic mass is 35.5. The van der Waals surface area contributed by atoms with E-state index in [2.05, 4.69) is 10.3 Å². The molecule has 30 heavy (non-hydrogen) atoms. The van der Waals surface area contributed by atoms with Crippen molar-refractivity contribution < 1.29 is 26.8 Å². The molecule has 3 rings (SSSR count). The van der Waals surface area contributed by atoms with Gasteiger partial charge in [-0.15, -0.1) is 11.3 Å². The van der Waals surface area contributed by atoms with Crippen LogP contribution in [0.1, 0.15) is 16.9 Å². The maximum atomic E-state index is 13.4. The Morgan fingerprint density at radius 2 is 2.03 bits per heavy atom. The third kappa shape index (κ3) is 4.58. The molecule has 2 heterocycles. The van der Waals surface area contributed by atoms with Crippen LogP contribution in [0.4, 0.5) is 8.78 Å². The first-order chi connectivity index (χ1) is 14.0. The standard InChI is InChI=1S/C17H13ClF2N4O4S2/c18-10-1-3-12(4-2-10)30(27,28)16-23-13(8-29-16)15(26)22-7-14(25)24-9-17(19,20)5-11(24)6-21/h1-4,8,11H,5,7,9H2,(H,22,26)/t11-/m0/s1. The summed E-state index contributed by atoms with van der Waals surface area (Å²) >= 11 is 6.46. The van der Waals surface area contributed by atoms with E-state index in [0.29, 0.717) is 21.3 Å². The molecule has 1 aliphatic heterocycles. The molecule has 8 nitrogen and oxygen atoms in total. The minimum absolute atomic E-state index is 0.0547. The minimum Gasteiger partial charge on any atom is -0.342 e. The molecule has 1 aromatic carbocycles. The molecule has 2 aromatic rings. The number of likely N-dealkylation sites (tertiary alicyclic amines) is 1. The van der Waals surface area contributed by atoms with Gasteiger partial charge in [0.25, 0.3) is 11.8 Å². The third-order valence-corrected chi connectivity index (χ3v) is 7.49. The summed E-state index contributed by atoms with van der Waals surface area (Å²) in [5.74, 6) is -4.87. The zero-order chi connectivity index (χ0) is 22.1. The van der Waals surface area contributed by atoms with Crippen LogP contribution in [0, 0.1) is 11.3 Å². The van der Waals surface area contributed by atoms with Crippen molar-refractivity contribution in [1.29, 1.82) is 5.26 Å². The Hall–Kier alpha value is -2.62. The molecule has 158 valence electrons. The number of nitrogens with zero attached hydrogens (tertiary/aromatic N) is 3. The first-order valence-corrected chi connectivity index (χ1v) is 11.1. The van der Waals surface area contributed by atoms with E-state index in [1.807, 2.05) is 0 Å². The Labute approximate surface area is 179 Å². The van der Waals surface area contributed by atoms with Crippen LogP contribution in [-0.2, 0) is 14.6 Å². The van der Waals surface area contributed by atoms with E-state index in [0.717, 1.165) is 0 Å². The molecular weight excluding hydrogens is 462 g/mol. The SMILES string of the molecule is N#C[C@@H]1CC(F)(F)CN1C(=O)CNC(=O)c1csc(S(=O)(=O)c2ccc(Cl)cc2)n1. The molecule has 0 aliphatic carbocycles. The average molecular weight is 475 g/mol. The molecular formula is C17H13ClF2N4O4S2. The maximum Gasteiger partial charge on any atom is 0.271 e. The summed E-state index contributed by atoms with van der Waals surface area (Å²) in [6.45, 7) is -1.54. The van der Waals surface area contributed by atoms with Crippen molar-refractivity contribution in [2.45, 2.75) is 27.6 Å². The van der Waals surface area contributed by atoms with Crippen LogP contribution in [0.2, 0.25) is 5.02 Å². The van der Waals surface area contributed by atoms with Gasteiger partial charge < -0.3 is 10.2 Å². The largest absolute Gasteiger partial charge is 0.342 e. The number of halogens is 3. The van der Waals surface area contributed by atoms with Crippen molar-refractivity contribution in [3.63, 3.8) is 0 Å². The van der Waals surface area contributed by atoms with Crippen LogP contribution in [0.25, 0.3) is 0 Å². The van der Waals surface area contributed by atoms with Crippen LogP contribution in [0.3, 0.4) is 0 Å². The zero-order valence-electron chi connectivity index (χ0n) is 15.0. The summed E-state index contributed by atoms with van der Waals surface area (Å²) in [5.41, 5.74) is -0.246. The van der Waals surface area contributed by atoms with Crippen molar-refractivity contribution in [1.82, 2.24) is 15.2 Å². The van der Waals surface area contributed by atoms with Gasteiger partial charge in [0.1, 0.15) is 11.7 Å². The Bertz CT molecular complexity index is 1130. The number of nitrogens with one attached hydrogen (secondary N) is 1. The Morgan fingerprint density at radius 3 is 2.67 bits per heavy atom. The normalized spacial score (nSPS) is 18.1. The molecule has 0 unspecified atom stereocenters. The van der Waals surface area contributed by atoms with Gasteiger partial charge in [0, 0.05) is 16.8 Å². The van der Waals surface area contributed by atoms with Gasteiger partial charge in [-0.3, -0.25) is 9.59 Å². The molecule has 1 atom stereocenters. The van der Waals surface area contributed by atoms with Gasteiger partial charge in [-0.05, 0) is 24.3 Å². The fraction of sp³-hybridized carbons (Fsp3) is 0.294. The van der Waals surface area contributed by atoms with Gasteiger partial charge in [0.2, 0.25) is 20.1 Å². The summed E-state index contributed by atoms with van der Waals surface area (Å²) in [6.07, 6.45) is -0.763. The quantitative estimate of drug-likeness (QED) is 0.708. The predicted octanol–water partition coefficient (Wildman–Crippen LogP) is 2.12. The van der Waals surface area contributed by atoms with Crippen molar-refractivity contribution in [2.75, 3.05) is 13.1 Å². The van der Waals surface area contributed by atoms with Crippen LogP contribution in [-0.4, -0.2) is 55.2 Å². The number of thiazole rings is 1. The first kappa shape index (κ1) is 22.1. The van der Waals surface area contributed by atoms with Gasteiger partial charge in [-0.1, -0.05) is 11.6 Å². The topological polar surface area (TPSA) is 120 Å². The lowest BCUT2D eigenvalue weighted by molar-refractivity contribution is -0.131. The van der Waals surface area contributed by atoms with Gasteiger partial charge in [0.15, 0.2) is 0 Å². The van der Waals surface area contributed by atoms with Crippen molar-refractivity contribution in [2.24, 2.45) is 0 Å². The van der Waals surface area contributed by atoms with Gasteiger partial charge in [-0.25, -0.2) is 22.2 Å². The van der Waals surface area contributed by atoms with Gasteiger partial charge in [0.05, 0.1) is 24.1 Å². The smallest absolute Gasteiger partial charge is 0.271 e. The van der Waals surface area contributed by atoms with Crippen LogP contribution < -0.4 is 5.32 Å². The van der Waals surface area contributed by atoms with E-state index in [9.17, 15) is 26.8 Å². The van der Waals surface area contributed by atoms with Gasteiger partial charge >= 0.3 is 0 Å². The number of alkyl halides is 2. The van der Waals surface area contributed by atoms with Crippen molar-refractivity contribution in [3.05, 3.63) is 40.4 Å². The summed E-state index contributed by atoms with van der Waals surface area (Å²) in [7, 11) is -3.96. The third-order valence-electron chi connectivity index (χ3n) is 4.21. The number of nitriles is 1. The Balaban J connectivity index is 1.66. The number of sulfone groups is 1. The number of carbonyl (C=O) groups is 2. The average Bonchev–Trinajstić information content (AvgIpc) is 3.31. The number of hydrogen-bond acceptors (Lipinski definition) is 7. The number of rotatable bonds is 5. The fourth-order valence-electron chi connectivity index (χ4n) is 2.74. The first-order valence-electron chi connectivity index (χ1n) is 8.35. The van der Waals surface area contributed by atoms with E-state index in [4.69, 9.17) is 16.9 Å². The number of aromatic nitrogens is 1. The molecule has 2 amide bonds.